The predicted octanol–water partition coefficient (Wildman–Crippen LogP) is 2.47. The summed E-state index contributed by atoms with van der Waals surface area (Å²) in [6, 6.07) is 9.47. The molecule has 3 rings (SSSR count). The van der Waals surface area contributed by atoms with Gasteiger partial charge in [0.1, 0.15) is 11.2 Å². The van der Waals surface area contributed by atoms with Crippen LogP contribution < -0.4 is 5.32 Å². The van der Waals surface area contributed by atoms with E-state index in [-0.39, 0.29) is 5.69 Å². The topological polar surface area (TPSA) is 95.1 Å². The minimum absolute atomic E-state index is 0.268. The van der Waals surface area contributed by atoms with Crippen molar-refractivity contribution in [3.05, 3.63) is 41.6 Å². The summed E-state index contributed by atoms with van der Waals surface area (Å²) >= 11 is 1.71. The summed E-state index contributed by atoms with van der Waals surface area (Å²) in [5.74, 6) is 0.0403. The Morgan fingerprint density at radius 1 is 1.25 bits per heavy atom. The van der Waals surface area contributed by atoms with Gasteiger partial charge in [-0.1, -0.05) is 29.8 Å². The lowest BCUT2D eigenvalue weighted by atomic mass is 9.92. The first-order chi connectivity index (χ1) is 11.5. The number of aryl methyl sites for hydroxylation is 1. The maximum Gasteiger partial charge on any atom is 0.329 e. The molecular formula is C17H19N3O3S. The molecule has 0 unspecified atom stereocenters. The Labute approximate surface area is 144 Å². The number of aliphatic carboxylic acids is 1. The molecule has 0 aliphatic carbocycles. The van der Waals surface area contributed by atoms with Crippen molar-refractivity contribution >= 4 is 23.6 Å². The molecule has 6 nitrogen and oxygen atoms in total. The third-order valence-electron chi connectivity index (χ3n) is 4.28. The lowest BCUT2D eigenvalue weighted by Gasteiger charge is -2.33. The number of benzene rings is 1. The first-order valence-electron chi connectivity index (χ1n) is 7.76. The Morgan fingerprint density at radius 3 is 2.54 bits per heavy atom. The maximum atomic E-state index is 12.5. The van der Waals surface area contributed by atoms with E-state index in [0.717, 1.165) is 22.6 Å². The van der Waals surface area contributed by atoms with Crippen LogP contribution in [0.4, 0.5) is 0 Å². The number of carboxylic acids is 1. The average molecular weight is 345 g/mol. The first kappa shape index (κ1) is 16.6. The number of aromatic nitrogens is 2. The van der Waals surface area contributed by atoms with Crippen LogP contribution in [-0.2, 0) is 4.79 Å². The SMILES string of the molecule is Cc1ccc(-c2cc(C(=O)NC3(C(=O)O)CCSCC3)[nH]n2)cc1. The molecule has 2 heterocycles. The van der Waals surface area contributed by atoms with Crippen LogP contribution in [0.2, 0.25) is 0 Å². The molecule has 0 atom stereocenters. The van der Waals surface area contributed by atoms with Crippen LogP contribution in [0.5, 0.6) is 0 Å². The van der Waals surface area contributed by atoms with E-state index >= 15 is 0 Å². The van der Waals surface area contributed by atoms with Gasteiger partial charge in [0.05, 0.1) is 5.69 Å². The van der Waals surface area contributed by atoms with Crippen LogP contribution in [0, 0.1) is 6.92 Å². The van der Waals surface area contributed by atoms with Gasteiger partial charge in [-0.2, -0.15) is 16.9 Å². The van der Waals surface area contributed by atoms with Gasteiger partial charge in [-0.3, -0.25) is 9.89 Å². The molecule has 3 N–H and O–H groups in total. The fourth-order valence-corrected chi connectivity index (χ4v) is 3.90. The second-order valence-electron chi connectivity index (χ2n) is 5.99. The molecule has 1 aromatic heterocycles. The largest absolute Gasteiger partial charge is 0.480 e. The maximum absolute atomic E-state index is 12.5. The number of nitrogens with zero attached hydrogens (tertiary/aromatic N) is 1. The van der Waals surface area contributed by atoms with Crippen molar-refractivity contribution in [3.63, 3.8) is 0 Å². The number of rotatable bonds is 4. The smallest absolute Gasteiger partial charge is 0.329 e. The van der Waals surface area contributed by atoms with Crippen molar-refractivity contribution in [3.8, 4) is 11.3 Å². The molecule has 24 heavy (non-hydrogen) atoms. The highest BCUT2D eigenvalue weighted by atomic mass is 32.2. The Kier molecular flexibility index (Phi) is 4.62. The molecule has 0 radical (unpaired) electrons. The molecule has 7 heteroatoms. The van der Waals surface area contributed by atoms with Crippen molar-refractivity contribution in [1.29, 1.82) is 0 Å². The lowest BCUT2D eigenvalue weighted by Crippen LogP contribution is -2.56. The van der Waals surface area contributed by atoms with Gasteiger partial charge in [0.2, 0.25) is 0 Å². The number of aromatic amines is 1. The molecule has 0 spiro atoms. The summed E-state index contributed by atoms with van der Waals surface area (Å²) in [6.45, 7) is 2.00. The van der Waals surface area contributed by atoms with Crippen molar-refractivity contribution in [1.82, 2.24) is 15.5 Å². The van der Waals surface area contributed by atoms with Crippen LogP contribution >= 0.6 is 11.8 Å². The fraction of sp³-hybridized carbons (Fsp3) is 0.353. The van der Waals surface area contributed by atoms with Crippen LogP contribution in [0.15, 0.2) is 30.3 Å². The van der Waals surface area contributed by atoms with E-state index in [0.29, 0.717) is 18.5 Å². The number of carbonyl (C=O) groups is 2. The summed E-state index contributed by atoms with van der Waals surface area (Å²) in [5.41, 5.74) is 1.79. The van der Waals surface area contributed by atoms with Crippen molar-refractivity contribution in [2.45, 2.75) is 25.3 Å². The normalized spacial score (nSPS) is 16.5. The molecule has 2 aromatic rings. The molecule has 126 valence electrons. The third-order valence-corrected chi connectivity index (χ3v) is 5.26. The monoisotopic (exact) mass is 345 g/mol. The molecule has 1 fully saturated rings. The Bertz CT molecular complexity index is 749. The molecule has 1 saturated heterocycles. The highest BCUT2D eigenvalue weighted by molar-refractivity contribution is 7.99. The van der Waals surface area contributed by atoms with Gasteiger partial charge in [0.15, 0.2) is 0 Å². The Morgan fingerprint density at radius 2 is 1.92 bits per heavy atom. The summed E-state index contributed by atoms with van der Waals surface area (Å²) in [7, 11) is 0. The first-order valence-corrected chi connectivity index (χ1v) is 8.92. The molecule has 1 aliphatic rings. The van der Waals surface area contributed by atoms with Gasteiger partial charge < -0.3 is 10.4 Å². The van der Waals surface area contributed by atoms with Gasteiger partial charge in [0.25, 0.3) is 5.91 Å². The van der Waals surface area contributed by atoms with Gasteiger partial charge in [0, 0.05) is 5.56 Å². The zero-order valence-electron chi connectivity index (χ0n) is 13.3. The van der Waals surface area contributed by atoms with Gasteiger partial charge >= 0.3 is 5.97 Å². The number of amides is 1. The Balaban J connectivity index is 1.78. The van der Waals surface area contributed by atoms with E-state index in [2.05, 4.69) is 15.5 Å². The highest BCUT2D eigenvalue weighted by Gasteiger charge is 2.41. The second-order valence-corrected chi connectivity index (χ2v) is 7.21. The van der Waals surface area contributed by atoms with Crippen LogP contribution in [-0.4, -0.2) is 44.2 Å². The summed E-state index contributed by atoms with van der Waals surface area (Å²) in [6.07, 6.45) is 0.857. The molecule has 0 bridgehead atoms. The van der Waals surface area contributed by atoms with E-state index in [9.17, 15) is 14.7 Å². The molecule has 1 aromatic carbocycles. The zero-order valence-corrected chi connectivity index (χ0v) is 14.2. The van der Waals surface area contributed by atoms with Crippen LogP contribution in [0.1, 0.15) is 28.9 Å². The summed E-state index contributed by atoms with van der Waals surface area (Å²) in [5, 5.41) is 19.1. The quantitative estimate of drug-likeness (QED) is 0.791. The number of carbonyl (C=O) groups excluding carboxylic acids is 1. The second kappa shape index (κ2) is 6.68. The third kappa shape index (κ3) is 3.31. The van der Waals surface area contributed by atoms with E-state index in [1.54, 1.807) is 17.8 Å². The van der Waals surface area contributed by atoms with Crippen molar-refractivity contribution in [2.75, 3.05) is 11.5 Å². The number of nitrogens with one attached hydrogen (secondary N) is 2. The lowest BCUT2D eigenvalue weighted by molar-refractivity contribution is -0.144. The highest BCUT2D eigenvalue weighted by Crippen LogP contribution is 2.28. The van der Waals surface area contributed by atoms with E-state index in [4.69, 9.17) is 0 Å². The summed E-state index contributed by atoms with van der Waals surface area (Å²) < 4.78 is 0. The van der Waals surface area contributed by atoms with E-state index < -0.39 is 17.4 Å². The van der Waals surface area contributed by atoms with Gasteiger partial charge in [-0.25, -0.2) is 4.79 Å². The molecule has 1 amide bonds. The van der Waals surface area contributed by atoms with Crippen LogP contribution in [0.3, 0.4) is 0 Å². The minimum atomic E-state index is -1.18. The Hall–Kier alpha value is -2.28. The number of hydrogen-bond donors (Lipinski definition) is 3. The number of H-pyrrole nitrogens is 1. The van der Waals surface area contributed by atoms with E-state index in [1.165, 1.54) is 0 Å². The molecular weight excluding hydrogens is 326 g/mol. The van der Waals surface area contributed by atoms with Gasteiger partial charge in [-0.15, -0.1) is 0 Å². The van der Waals surface area contributed by atoms with Crippen LogP contribution in [0.25, 0.3) is 11.3 Å². The number of hydrogen-bond acceptors (Lipinski definition) is 4. The van der Waals surface area contributed by atoms with Gasteiger partial charge in [-0.05, 0) is 37.3 Å². The van der Waals surface area contributed by atoms with Crippen molar-refractivity contribution < 1.29 is 14.7 Å². The number of carboxylic acid groups (broad SMARTS) is 1. The number of thioether (sulfide) groups is 1. The predicted molar refractivity (Wildman–Crippen MR) is 93.2 cm³/mol. The minimum Gasteiger partial charge on any atom is -0.480 e. The van der Waals surface area contributed by atoms with Crippen molar-refractivity contribution in [2.24, 2.45) is 0 Å². The average Bonchev–Trinajstić information content (AvgIpc) is 3.06. The molecule has 0 saturated carbocycles. The van der Waals surface area contributed by atoms with E-state index in [1.807, 2.05) is 31.2 Å². The summed E-state index contributed by atoms with van der Waals surface area (Å²) in [4.78, 5) is 24.1. The standard InChI is InChI=1S/C17H19N3O3S/c1-11-2-4-12(5-3-11)13-10-14(20-19-13)15(21)18-17(16(22)23)6-8-24-9-7-17/h2-5,10H,6-9H2,1H3,(H,18,21)(H,19,20)(H,22,23). The zero-order chi connectivity index (χ0) is 17.2. The fourth-order valence-electron chi connectivity index (χ4n) is 2.71. The molecule has 1 aliphatic heterocycles.